The van der Waals surface area contributed by atoms with Gasteiger partial charge in [-0.3, -0.25) is 4.79 Å². The topological polar surface area (TPSA) is 53.4 Å². The molecule has 1 unspecified atom stereocenters. The molecule has 0 amide bonds. The largest absolute Gasteiger partial charge is 0.497 e. The molecule has 0 aliphatic heterocycles. The van der Waals surface area contributed by atoms with E-state index in [0.29, 0.717) is 6.61 Å². The minimum Gasteiger partial charge on any atom is -0.497 e. The number of imidazole rings is 1. The number of carbonyl (C=O) groups is 1. The van der Waals surface area contributed by atoms with E-state index < -0.39 is 0 Å². The molecule has 0 aliphatic rings. The van der Waals surface area contributed by atoms with Gasteiger partial charge in [-0.2, -0.15) is 0 Å². The van der Waals surface area contributed by atoms with Gasteiger partial charge in [0, 0.05) is 5.92 Å². The molecule has 1 heterocycles. The van der Waals surface area contributed by atoms with Gasteiger partial charge in [0.1, 0.15) is 18.1 Å². The van der Waals surface area contributed by atoms with Crippen molar-refractivity contribution in [3.05, 3.63) is 72.1 Å². The predicted octanol–water partition coefficient (Wildman–Crippen LogP) is 4.91. The average molecular weight is 388 g/mol. The van der Waals surface area contributed by atoms with Crippen molar-refractivity contribution in [1.82, 2.24) is 9.55 Å². The maximum Gasteiger partial charge on any atom is 0.326 e. The van der Waals surface area contributed by atoms with Gasteiger partial charge in [-0.25, -0.2) is 4.98 Å². The second kappa shape index (κ2) is 7.95. The van der Waals surface area contributed by atoms with Crippen LogP contribution in [-0.2, 0) is 16.1 Å². The van der Waals surface area contributed by atoms with E-state index in [9.17, 15) is 4.79 Å². The summed E-state index contributed by atoms with van der Waals surface area (Å²) in [5.74, 6) is 1.46. The Morgan fingerprint density at radius 1 is 1.07 bits per heavy atom. The van der Waals surface area contributed by atoms with Crippen molar-refractivity contribution >= 4 is 27.8 Å². The molecule has 0 aliphatic carbocycles. The lowest BCUT2D eigenvalue weighted by molar-refractivity contribution is -0.143. The number of esters is 1. The average Bonchev–Trinajstić information content (AvgIpc) is 3.11. The molecule has 0 bridgehead atoms. The fourth-order valence-corrected chi connectivity index (χ4v) is 3.71. The number of aromatic nitrogens is 2. The minimum atomic E-state index is -0.255. The summed E-state index contributed by atoms with van der Waals surface area (Å²) in [7, 11) is 1.67. The van der Waals surface area contributed by atoms with Gasteiger partial charge in [0.05, 0.1) is 24.8 Å². The van der Waals surface area contributed by atoms with Crippen LogP contribution in [-0.4, -0.2) is 29.2 Å². The summed E-state index contributed by atoms with van der Waals surface area (Å²) in [5, 5.41) is 2.27. The Bertz CT molecular complexity index is 1180. The summed E-state index contributed by atoms with van der Waals surface area (Å²) in [6, 6.07) is 20.3. The third-order valence-electron chi connectivity index (χ3n) is 5.24. The molecule has 0 spiro atoms. The van der Waals surface area contributed by atoms with E-state index >= 15 is 0 Å². The number of hydrogen-bond acceptors (Lipinski definition) is 4. The summed E-state index contributed by atoms with van der Waals surface area (Å²) in [6.07, 6.45) is 0. The van der Waals surface area contributed by atoms with Crippen molar-refractivity contribution < 1.29 is 14.3 Å². The molecule has 148 valence electrons. The van der Waals surface area contributed by atoms with E-state index in [1.807, 2.05) is 47.9 Å². The van der Waals surface area contributed by atoms with Gasteiger partial charge in [-0.15, -0.1) is 0 Å². The molecule has 0 fully saturated rings. The first-order valence-corrected chi connectivity index (χ1v) is 9.79. The first-order valence-electron chi connectivity index (χ1n) is 9.79. The lowest BCUT2D eigenvalue weighted by atomic mass is 9.97. The minimum absolute atomic E-state index is 0.0170. The smallest absolute Gasteiger partial charge is 0.326 e. The molecule has 5 heteroatoms. The van der Waals surface area contributed by atoms with Crippen LogP contribution in [0.5, 0.6) is 5.75 Å². The molecule has 0 saturated heterocycles. The van der Waals surface area contributed by atoms with E-state index in [1.54, 1.807) is 7.11 Å². The Balaban J connectivity index is 1.77. The fourth-order valence-electron chi connectivity index (χ4n) is 3.71. The highest BCUT2D eigenvalue weighted by Crippen LogP contribution is 2.30. The predicted molar refractivity (Wildman–Crippen MR) is 114 cm³/mol. The van der Waals surface area contributed by atoms with Gasteiger partial charge in [0.15, 0.2) is 0 Å². The van der Waals surface area contributed by atoms with E-state index in [4.69, 9.17) is 14.5 Å². The van der Waals surface area contributed by atoms with Crippen LogP contribution in [0.15, 0.2) is 60.7 Å². The SMILES string of the molecule is CCOC(=O)Cn1c(C(C)c2ccc3cc(OC)ccc3c2)nc2ccccc21. The lowest BCUT2D eigenvalue weighted by Crippen LogP contribution is -2.17. The molecule has 1 aromatic heterocycles. The highest BCUT2D eigenvalue weighted by Gasteiger charge is 2.20. The van der Waals surface area contributed by atoms with Crippen LogP contribution in [0, 0.1) is 0 Å². The van der Waals surface area contributed by atoms with Gasteiger partial charge in [0.25, 0.3) is 0 Å². The fraction of sp³-hybridized carbons (Fsp3) is 0.250. The van der Waals surface area contributed by atoms with Crippen LogP contribution in [0.4, 0.5) is 0 Å². The number of benzene rings is 3. The molecule has 29 heavy (non-hydrogen) atoms. The van der Waals surface area contributed by atoms with E-state index in [0.717, 1.165) is 38.9 Å². The zero-order valence-electron chi connectivity index (χ0n) is 16.9. The Morgan fingerprint density at radius 2 is 1.83 bits per heavy atom. The van der Waals surface area contributed by atoms with E-state index in [-0.39, 0.29) is 18.4 Å². The number of ether oxygens (including phenoxy) is 2. The summed E-state index contributed by atoms with van der Waals surface area (Å²) in [5.41, 5.74) is 2.96. The maximum absolute atomic E-state index is 12.2. The van der Waals surface area contributed by atoms with Crippen LogP contribution >= 0.6 is 0 Å². The van der Waals surface area contributed by atoms with E-state index in [2.05, 4.69) is 31.2 Å². The van der Waals surface area contributed by atoms with Gasteiger partial charge < -0.3 is 14.0 Å². The zero-order valence-corrected chi connectivity index (χ0v) is 16.9. The molecule has 0 N–H and O–H groups in total. The van der Waals surface area contributed by atoms with Crippen molar-refractivity contribution in [2.24, 2.45) is 0 Å². The first-order chi connectivity index (χ1) is 14.1. The molecule has 3 aromatic carbocycles. The van der Waals surface area contributed by atoms with Crippen molar-refractivity contribution in [3.8, 4) is 5.75 Å². The molecule has 4 aromatic rings. The third kappa shape index (κ3) is 3.68. The number of fused-ring (bicyclic) bond motifs is 2. The van der Waals surface area contributed by atoms with E-state index in [1.165, 1.54) is 0 Å². The molecular formula is C24H24N2O3. The number of para-hydroxylation sites is 2. The van der Waals surface area contributed by atoms with Crippen LogP contribution in [0.1, 0.15) is 31.2 Å². The van der Waals surface area contributed by atoms with Gasteiger partial charge in [-0.1, -0.05) is 43.3 Å². The van der Waals surface area contributed by atoms with Crippen molar-refractivity contribution in [2.75, 3.05) is 13.7 Å². The Kier molecular flexibility index (Phi) is 5.21. The Labute approximate surface area is 169 Å². The Morgan fingerprint density at radius 3 is 2.62 bits per heavy atom. The molecule has 5 nitrogen and oxygen atoms in total. The number of nitrogens with zero attached hydrogens (tertiary/aromatic N) is 2. The number of rotatable bonds is 6. The van der Waals surface area contributed by atoms with Crippen LogP contribution in [0.3, 0.4) is 0 Å². The van der Waals surface area contributed by atoms with Crippen molar-refractivity contribution in [2.45, 2.75) is 26.3 Å². The summed E-state index contributed by atoms with van der Waals surface area (Å²) in [6.45, 7) is 4.45. The number of hydrogen-bond donors (Lipinski definition) is 0. The summed E-state index contributed by atoms with van der Waals surface area (Å²) >= 11 is 0. The quantitative estimate of drug-likeness (QED) is 0.440. The molecular weight excluding hydrogens is 364 g/mol. The van der Waals surface area contributed by atoms with Crippen LogP contribution in [0.25, 0.3) is 21.8 Å². The van der Waals surface area contributed by atoms with Gasteiger partial charge >= 0.3 is 5.97 Å². The monoisotopic (exact) mass is 388 g/mol. The van der Waals surface area contributed by atoms with Crippen molar-refractivity contribution in [3.63, 3.8) is 0 Å². The standard InChI is InChI=1S/C24H24N2O3/c1-4-29-23(27)15-26-22-8-6-5-7-21(22)25-24(26)16(2)17-9-10-19-14-20(28-3)12-11-18(19)13-17/h5-14,16H,4,15H2,1-3H3. The molecule has 1 atom stereocenters. The molecule has 0 radical (unpaired) electrons. The second-order valence-electron chi connectivity index (χ2n) is 7.04. The maximum atomic E-state index is 12.2. The van der Waals surface area contributed by atoms with Crippen molar-refractivity contribution in [1.29, 1.82) is 0 Å². The molecule has 4 rings (SSSR count). The summed E-state index contributed by atoms with van der Waals surface area (Å²) < 4.78 is 12.5. The van der Waals surface area contributed by atoms with Crippen LogP contribution in [0.2, 0.25) is 0 Å². The molecule has 0 saturated carbocycles. The summed E-state index contributed by atoms with van der Waals surface area (Å²) in [4.78, 5) is 17.1. The third-order valence-corrected chi connectivity index (χ3v) is 5.24. The normalized spacial score (nSPS) is 12.2. The number of carbonyl (C=O) groups excluding carboxylic acids is 1. The zero-order chi connectivity index (χ0) is 20.4. The van der Waals surface area contributed by atoms with Gasteiger partial charge in [-0.05, 0) is 47.5 Å². The number of methoxy groups -OCH3 is 1. The Hall–Kier alpha value is -3.34. The lowest BCUT2D eigenvalue weighted by Gasteiger charge is -2.15. The highest BCUT2D eigenvalue weighted by molar-refractivity contribution is 5.85. The van der Waals surface area contributed by atoms with Crippen LogP contribution < -0.4 is 4.74 Å². The first kappa shape index (κ1) is 19.0. The second-order valence-corrected chi connectivity index (χ2v) is 7.04. The highest BCUT2D eigenvalue weighted by atomic mass is 16.5. The van der Waals surface area contributed by atoms with Gasteiger partial charge in [0.2, 0.25) is 0 Å².